The number of benzene rings is 2. The van der Waals surface area contributed by atoms with E-state index in [1.807, 2.05) is 30.3 Å². The number of hydrogen-bond acceptors (Lipinski definition) is 5. The normalized spacial score (nSPS) is 18.7. The lowest BCUT2D eigenvalue weighted by molar-refractivity contribution is -0.143. The minimum Gasteiger partial charge on any atom is -0.485 e. The quantitative estimate of drug-likeness (QED) is 0.786. The third-order valence-corrected chi connectivity index (χ3v) is 5.49. The van der Waals surface area contributed by atoms with Crippen LogP contribution in [0, 0.1) is 0 Å². The van der Waals surface area contributed by atoms with Crippen molar-refractivity contribution in [1.29, 1.82) is 0 Å². The molecule has 0 radical (unpaired) electrons. The molecule has 158 valence electrons. The minimum absolute atomic E-state index is 0.0367. The summed E-state index contributed by atoms with van der Waals surface area (Å²) in [5, 5.41) is 3.59. The Morgan fingerprint density at radius 1 is 1.00 bits per heavy atom. The molecule has 2 aromatic rings. The van der Waals surface area contributed by atoms with Crippen molar-refractivity contribution in [2.24, 2.45) is 0 Å². The molecular weight excluding hydrogens is 406 g/mol. The highest BCUT2D eigenvalue weighted by atomic mass is 35.5. The fourth-order valence-electron chi connectivity index (χ4n) is 3.53. The number of carbonyl (C=O) groups is 2. The van der Waals surface area contributed by atoms with Crippen molar-refractivity contribution >= 4 is 23.4 Å². The van der Waals surface area contributed by atoms with Crippen molar-refractivity contribution in [2.75, 3.05) is 39.3 Å². The molecule has 7 nitrogen and oxygen atoms in total. The maximum atomic E-state index is 12.8. The fourth-order valence-corrected chi connectivity index (χ4v) is 3.66. The van der Waals surface area contributed by atoms with Crippen molar-refractivity contribution in [1.82, 2.24) is 15.1 Å². The smallest absolute Gasteiger partial charge is 0.267 e. The summed E-state index contributed by atoms with van der Waals surface area (Å²) in [7, 11) is 0. The maximum Gasteiger partial charge on any atom is 0.267 e. The average Bonchev–Trinajstić information content (AvgIpc) is 2.78. The summed E-state index contributed by atoms with van der Waals surface area (Å²) in [6, 6.07) is 14.7. The molecule has 30 heavy (non-hydrogen) atoms. The van der Waals surface area contributed by atoms with Crippen molar-refractivity contribution in [3.05, 3.63) is 59.1 Å². The van der Waals surface area contributed by atoms with E-state index in [-0.39, 0.29) is 18.4 Å². The van der Waals surface area contributed by atoms with Crippen LogP contribution < -0.4 is 14.8 Å². The zero-order valence-corrected chi connectivity index (χ0v) is 17.3. The Kier molecular flexibility index (Phi) is 6.40. The summed E-state index contributed by atoms with van der Waals surface area (Å²) in [5.41, 5.74) is 0.999. The molecule has 0 aliphatic carbocycles. The first-order valence-electron chi connectivity index (χ1n) is 9.99. The highest BCUT2D eigenvalue weighted by Crippen LogP contribution is 2.31. The summed E-state index contributed by atoms with van der Waals surface area (Å²) >= 11 is 5.87. The van der Waals surface area contributed by atoms with Gasteiger partial charge in [0.15, 0.2) is 11.5 Å². The molecule has 1 fully saturated rings. The van der Waals surface area contributed by atoms with Gasteiger partial charge in [-0.3, -0.25) is 14.5 Å². The van der Waals surface area contributed by atoms with Crippen LogP contribution in [0.25, 0.3) is 0 Å². The minimum atomic E-state index is -0.630. The first-order chi connectivity index (χ1) is 14.6. The predicted octanol–water partition coefficient (Wildman–Crippen LogP) is 1.94. The summed E-state index contributed by atoms with van der Waals surface area (Å²) in [6.45, 7) is 3.40. The number of para-hydroxylation sites is 2. The standard InChI is InChI=1S/C22H24ClN3O4/c23-17-7-5-16(6-8-17)13-24-21(27)14-25-9-11-26(12-10-25)22(28)20-15-29-18-3-1-2-4-19(18)30-20/h1-8,20H,9-15H2,(H,24,27)/t20-/m1/s1. The lowest BCUT2D eigenvalue weighted by Gasteiger charge is -2.36. The zero-order chi connectivity index (χ0) is 20.9. The molecule has 8 heteroatoms. The number of rotatable bonds is 5. The SMILES string of the molecule is O=C(CN1CCN(C(=O)[C@H]2COc3ccccc3O2)CC1)NCc1ccc(Cl)cc1. The van der Waals surface area contributed by atoms with Crippen LogP contribution in [-0.4, -0.2) is 67.0 Å². The highest BCUT2D eigenvalue weighted by Gasteiger charge is 2.32. The van der Waals surface area contributed by atoms with Gasteiger partial charge in [0.05, 0.1) is 6.54 Å². The average molecular weight is 430 g/mol. The molecule has 0 unspecified atom stereocenters. The van der Waals surface area contributed by atoms with E-state index in [0.717, 1.165) is 5.56 Å². The number of hydrogen-bond donors (Lipinski definition) is 1. The van der Waals surface area contributed by atoms with Crippen molar-refractivity contribution in [3.8, 4) is 11.5 Å². The third kappa shape index (κ3) is 5.04. The molecule has 2 aliphatic rings. The molecule has 4 rings (SSSR count). The number of fused-ring (bicyclic) bond motifs is 1. The number of nitrogens with zero attached hydrogens (tertiary/aromatic N) is 2. The zero-order valence-electron chi connectivity index (χ0n) is 16.6. The number of piperazine rings is 1. The number of nitrogens with one attached hydrogen (secondary N) is 1. The first-order valence-corrected chi connectivity index (χ1v) is 10.4. The molecular formula is C22H24ClN3O4. The predicted molar refractivity (Wildman–Crippen MR) is 113 cm³/mol. The van der Waals surface area contributed by atoms with Gasteiger partial charge in [-0.15, -0.1) is 0 Å². The van der Waals surface area contributed by atoms with E-state index in [9.17, 15) is 9.59 Å². The van der Waals surface area contributed by atoms with Crippen LogP contribution in [0.4, 0.5) is 0 Å². The van der Waals surface area contributed by atoms with E-state index < -0.39 is 6.10 Å². The summed E-state index contributed by atoms with van der Waals surface area (Å²) in [6.07, 6.45) is -0.630. The van der Waals surface area contributed by atoms with Crippen LogP contribution in [0.2, 0.25) is 5.02 Å². The molecule has 0 bridgehead atoms. The Morgan fingerprint density at radius 3 is 2.43 bits per heavy atom. The van der Waals surface area contributed by atoms with Crippen molar-refractivity contribution in [3.63, 3.8) is 0 Å². The molecule has 1 saturated heterocycles. The van der Waals surface area contributed by atoms with E-state index in [1.54, 1.807) is 23.1 Å². The van der Waals surface area contributed by atoms with Crippen LogP contribution in [-0.2, 0) is 16.1 Å². The number of halogens is 1. The topological polar surface area (TPSA) is 71.1 Å². The highest BCUT2D eigenvalue weighted by molar-refractivity contribution is 6.30. The Labute approximate surface area is 180 Å². The Balaban J connectivity index is 1.20. The maximum absolute atomic E-state index is 12.8. The van der Waals surface area contributed by atoms with Gasteiger partial charge in [-0.05, 0) is 29.8 Å². The van der Waals surface area contributed by atoms with Crippen LogP contribution in [0.5, 0.6) is 11.5 Å². The van der Waals surface area contributed by atoms with Crippen LogP contribution in [0.1, 0.15) is 5.56 Å². The lowest BCUT2D eigenvalue weighted by Crippen LogP contribution is -2.55. The molecule has 2 aliphatic heterocycles. The molecule has 0 spiro atoms. The van der Waals surface area contributed by atoms with Crippen molar-refractivity contribution in [2.45, 2.75) is 12.6 Å². The van der Waals surface area contributed by atoms with E-state index >= 15 is 0 Å². The first kappa shape index (κ1) is 20.5. The van der Waals surface area contributed by atoms with Gasteiger partial charge in [-0.2, -0.15) is 0 Å². The van der Waals surface area contributed by atoms with Gasteiger partial charge >= 0.3 is 0 Å². The number of ether oxygens (including phenoxy) is 2. The number of amides is 2. The Morgan fingerprint density at radius 2 is 1.70 bits per heavy atom. The molecule has 1 N–H and O–H groups in total. The van der Waals surface area contributed by atoms with Crippen LogP contribution in [0.3, 0.4) is 0 Å². The number of carbonyl (C=O) groups excluding carboxylic acids is 2. The summed E-state index contributed by atoms with van der Waals surface area (Å²) in [4.78, 5) is 28.9. The molecule has 0 saturated carbocycles. The monoisotopic (exact) mass is 429 g/mol. The van der Waals surface area contributed by atoms with Gasteiger partial charge in [0.1, 0.15) is 6.61 Å². The van der Waals surface area contributed by atoms with Gasteiger partial charge in [-0.25, -0.2) is 0 Å². The molecule has 1 atom stereocenters. The second-order valence-corrected chi connectivity index (χ2v) is 7.81. The van der Waals surface area contributed by atoms with Gasteiger partial charge < -0.3 is 19.7 Å². The molecule has 2 heterocycles. The molecule has 2 aromatic carbocycles. The lowest BCUT2D eigenvalue weighted by atomic mass is 10.2. The molecule has 0 aromatic heterocycles. The second-order valence-electron chi connectivity index (χ2n) is 7.37. The second kappa shape index (κ2) is 9.36. The van der Waals surface area contributed by atoms with Crippen molar-refractivity contribution < 1.29 is 19.1 Å². The Hall–Kier alpha value is -2.77. The van der Waals surface area contributed by atoms with E-state index in [2.05, 4.69) is 10.2 Å². The molecule has 2 amide bonds. The van der Waals surface area contributed by atoms with Gasteiger partial charge in [-0.1, -0.05) is 35.9 Å². The van der Waals surface area contributed by atoms with Gasteiger partial charge in [0.25, 0.3) is 5.91 Å². The van der Waals surface area contributed by atoms with Crippen LogP contribution in [0.15, 0.2) is 48.5 Å². The largest absolute Gasteiger partial charge is 0.485 e. The summed E-state index contributed by atoms with van der Waals surface area (Å²) in [5.74, 6) is 1.15. The third-order valence-electron chi connectivity index (χ3n) is 5.24. The van der Waals surface area contributed by atoms with E-state index in [1.165, 1.54) is 0 Å². The van der Waals surface area contributed by atoms with Gasteiger partial charge in [0.2, 0.25) is 12.0 Å². The Bertz CT molecular complexity index is 898. The van der Waals surface area contributed by atoms with Gasteiger partial charge in [0, 0.05) is 37.7 Å². The summed E-state index contributed by atoms with van der Waals surface area (Å²) < 4.78 is 11.5. The fraction of sp³-hybridized carbons (Fsp3) is 0.364. The van der Waals surface area contributed by atoms with Crippen LogP contribution >= 0.6 is 11.6 Å². The van der Waals surface area contributed by atoms with E-state index in [0.29, 0.717) is 55.8 Å². The van der Waals surface area contributed by atoms with E-state index in [4.69, 9.17) is 21.1 Å².